The van der Waals surface area contributed by atoms with Crippen molar-refractivity contribution in [2.75, 3.05) is 65.9 Å². The van der Waals surface area contributed by atoms with Gasteiger partial charge in [-0.1, -0.05) is 13.8 Å². The maximum atomic E-state index is 5.42. The third kappa shape index (κ3) is 13.9. The van der Waals surface area contributed by atoms with Crippen LogP contribution in [0.15, 0.2) is 0 Å². The predicted octanol–water partition coefficient (Wildman–Crippen LogP) is 1.07. The zero-order chi connectivity index (χ0) is 13.3. The van der Waals surface area contributed by atoms with Crippen molar-refractivity contribution in [1.29, 1.82) is 0 Å². The molecule has 110 valence electrons. The number of rotatable bonds is 0. The average molecular weight is 263 g/mol. The van der Waals surface area contributed by atoms with Gasteiger partial charge in [0.2, 0.25) is 0 Å². The van der Waals surface area contributed by atoms with Gasteiger partial charge in [-0.2, -0.15) is 0 Å². The highest BCUT2D eigenvalue weighted by molar-refractivity contribution is 4.46. The topological polar surface area (TPSA) is 49.0 Å². The van der Waals surface area contributed by atoms with E-state index in [0.29, 0.717) is 26.4 Å². The van der Waals surface area contributed by atoms with Crippen molar-refractivity contribution < 1.29 is 18.9 Å². The maximum absolute atomic E-state index is 5.42. The van der Waals surface area contributed by atoms with Gasteiger partial charge in [0.1, 0.15) is 0 Å². The molecule has 0 bridgehead atoms. The number of ether oxygens (including phenoxy) is 4. The lowest BCUT2D eigenvalue weighted by Gasteiger charge is -2.09. The van der Waals surface area contributed by atoms with Crippen molar-refractivity contribution in [3.8, 4) is 0 Å². The molecule has 0 radical (unpaired) electrons. The molecule has 1 N–H and O–H groups in total. The van der Waals surface area contributed by atoms with Crippen LogP contribution in [0, 0.1) is 0 Å². The fourth-order valence-electron chi connectivity index (χ4n) is 1.32. The molecule has 1 heterocycles. The van der Waals surface area contributed by atoms with Gasteiger partial charge in [0.05, 0.1) is 39.6 Å². The highest BCUT2D eigenvalue weighted by Crippen LogP contribution is 1.87. The van der Waals surface area contributed by atoms with Crippen molar-refractivity contribution in [3.63, 3.8) is 0 Å². The van der Waals surface area contributed by atoms with Crippen molar-refractivity contribution in [2.24, 2.45) is 0 Å². The van der Waals surface area contributed by atoms with Crippen molar-refractivity contribution in [2.45, 2.75) is 20.3 Å². The molecule has 5 heteroatoms. The third-order valence-electron chi connectivity index (χ3n) is 2.17. The summed E-state index contributed by atoms with van der Waals surface area (Å²) in [5, 5.41) is 3.25. The summed E-state index contributed by atoms with van der Waals surface area (Å²) < 4.78 is 21.5. The summed E-state index contributed by atoms with van der Waals surface area (Å²) in [6, 6.07) is 0. The zero-order valence-corrected chi connectivity index (χ0v) is 11.9. The molecule has 0 aromatic heterocycles. The molecule has 0 aliphatic carbocycles. The Hall–Kier alpha value is -0.200. The summed E-state index contributed by atoms with van der Waals surface area (Å²) in [6.07, 6.45) is 0.948. The number of hydrogen-bond acceptors (Lipinski definition) is 5. The van der Waals surface area contributed by atoms with Gasteiger partial charge in [-0.25, -0.2) is 0 Å². The molecule has 0 saturated carbocycles. The Morgan fingerprint density at radius 2 is 0.944 bits per heavy atom. The van der Waals surface area contributed by atoms with Gasteiger partial charge in [-0.15, -0.1) is 0 Å². The molecule has 1 fully saturated rings. The summed E-state index contributed by atoms with van der Waals surface area (Å²) in [5.74, 6) is 0. The second-order valence-corrected chi connectivity index (χ2v) is 3.55. The van der Waals surface area contributed by atoms with Gasteiger partial charge < -0.3 is 24.3 Å². The quantitative estimate of drug-likeness (QED) is 0.708. The SMILES string of the molecule is C1COCCNCCOCCOCCOC1.CC. The van der Waals surface area contributed by atoms with E-state index in [9.17, 15) is 0 Å². The fraction of sp³-hybridized carbons (Fsp3) is 1.00. The first-order valence-corrected chi connectivity index (χ1v) is 7.02. The van der Waals surface area contributed by atoms with E-state index < -0.39 is 0 Å². The Morgan fingerprint density at radius 1 is 0.556 bits per heavy atom. The smallest absolute Gasteiger partial charge is 0.0701 e. The van der Waals surface area contributed by atoms with Gasteiger partial charge in [0, 0.05) is 26.3 Å². The normalized spacial score (nSPS) is 21.7. The lowest BCUT2D eigenvalue weighted by Crippen LogP contribution is -2.25. The Morgan fingerprint density at radius 3 is 1.50 bits per heavy atom. The van der Waals surface area contributed by atoms with Crippen LogP contribution in [0.25, 0.3) is 0 Å². The first kappa shape index (κ1) is 17.8. The van der Waals surface area contributed by atoms with Crippen LogP contribution in [-0.4, -0.2) is 65.9 Å². The van der Waals surface area contributed by atoms with Crippen molar-refractivity contribution >= 4 is 0 Å². The lowest BCUT2D eigenvalue weighted by atomic mass is 10.5. The van der Waals surface area contributed by atoms with Crippen LogP contribution in [0.2, 0.25) is 0 Å². The molecule has 1 saturated heterocycles. The highest BCUT2D eigenvalue weighted by Gasteiger charge is 1.94. The standard InChI is InChI=1S/C11H23NO4.C2H6/c1-4-13-6-2-12-3-7-15-9-11-16-10-8-14-5-1;1-2/h12H,1-11H2;1-2H3. The van der Waals surface area contributed by atoms with E-state index in [1.54, 1.807) is 0 Å². The molecule has 0 spiro atoms. The van der Waals surface area contributed by atoms with E-state index in [0.717, 1.165) is 45.9 Å². The Kier molecular flexibility index (Phi) is 16.6. The summed E-state index contributed by atoms with van der Waals surface area (Å²) in [6.45, 7) is 11.3. The molecule has 0 unspecified atom stereocenters. The van der Waals surface area contributed by atoms with Gasteiger partial charge in [-0.05, 0) is 6.42 Å². The van der Waals surface area contributed by atoms with E-state index in [1.165, 1.54) is 0 Å². The largest absolute Gasteiger partial charge is 0.380 e. The van der Waals surface area contributed by atoms with E-state index in [2.05, 4.69) is 5.32 Å². The van der Waals surface area contributed by atoms with E-state index in [4.69, 9.17) is 18.9 Å². The van der Waals surface area contributed by atoms with Crippen LogP contribution >= 0.6 is 0 Å². The molecule has 1 rings (SSSR count). The molecule has 0 aromatic carbocycles. The fourth-order valence-corrected chi connectivity index (χ4v) is 1.32. The zero-order valence-electron chi connectivity index (χ0n) is 11.9. The van der Waals surface area contributed by atoms with Crippen LogP contribution < -0.4 is 5.32 Å². The van der Waals surface area contributed by atoms with Gasteiger partial charge in [0.15, 0.2) is 0 Å². The summed E-state index contributed by atoms with van der Waals surface area (Å²) in [4.78, 5) is 0. The molecule has 18 heavy (non-hydrogen) atoms. The van der Waals surface area contributed by atoms with Crippen LogP contribution in [-0.2, 0) is 18.9 Å². The number of hydrogen-bond donors (Lipinski definition) is 1. The molecule has 0 amide bonds. The molecule has 0 aromatic rings. The van der Waals surface area contributed by atoms with Crippen LogP contribution in [0.3, 0.4) is 0 Å². The molecular formula is C13H29NO4. The molecule has 1 aliphatic heterocycles. The van der Waals surface area contributed by atoms with Gasteiger partial charge in [-0.3, -0.25) is 0 Å². The summed E-state index contributed by atoms with van der Waals surface area (Å²) in [7, 11) is 0. The predicted molar refractivity (Wildman–Crippen MR) is 72.1 cm³/mol. The summed E-state index contributed by atoms with van der Waals surface area (Å²) >= 11 is 0. The highest BCUT2D eigenvalue weighted by atomic mass is 16.5. The lowest BCUT2D eigenvalue weighted by molar-refractivity contribution is 0.00818. The van der Waals surface area contributed by atoms with E-state index in [1.807, 2.05) is 13.8 Å². The van der Waals surface area contributed by atoms with Gasteiger partial charge >= 0.3 is 0 Å². The maximum Gasteiger partial charge on any atom is 0.0701 e. The van der Waals surface area contributed by atoms with E-state index >= 15 is 0 Å². The Bertz CT molecular complexity index is 83.0. The second kappa shape index (κ2) is 16.8. The summed E-state index contributed by atoms with van der Waals surface area (Å²) in [5.41, 5.74) is 0. The molecular weight excluding hydrogens is 234 g/mol. The van der Waals surface area contributed by atoms with Crippen molar-refractivity contribution in [3.05, 3.63) is 0 Å². The van der Waals surface area contributed by atoms with Crippen LogP contribution in [0.5, 0.6) is 0 Å². The van der Waals surface area contributed by atoms with Gasteiger partial charge in [0.25, 0.3) is 0 Å². The van der Waals surface area contributed by atoms with E-state index in [-0.39, 0.29) is 0 Å². The number of nitrogens with one attached hydrogen (secondary N) is 1. The average Bonchev–Trinajstić information content (AvgIpc) is 2.41. The van der Waals surface area contributed by atoms with Crippen LogP contribution in [0.1, 0.15) is 20.3 Å². The minimum atomic E-state index is 0.641. The molecule has 1 aliphatic rings. The minimum absolute atomic E-state index is 0.641. The van der Waals surface area contributed by atoms with Crippen LogP contribution in [0.4, 0.5) is 0 Å². The molecule has 0 atom stereocenters. The van der Waals surface area contributed by atoms with Crippen molar-refractivity contribution in [1.82, 2.24) is 5.32 Å². The first-order valence-electron chi connectivity index (χ1n) is 7.02. The Balaban J connectivity index is 0.00000137. The second-order valence-electron chi connectivity index (χ2n) is 3.55. The minimum Gasteiger partial charge on any atom is -0.380 e. The molecule has 5 nitrogen and oxygen atoms in total. The third-order valence-corrected chi connectivity index (χ3v) is 2.17. The Labute approximate surface area is 111 Å². The monoisotopic (exact) mass is 263 g/mol. The first-order chi connectivity index (χ1) is 9.00.